The first kappa shape index (κ1) is 8.96. The minimum absolute atomic E-state index is 0.308. The van der Waals surface area contributed by atoms with Crippen LogP contribution in [0.3, 0.4) is 0 Å². The molecule has 0 spiro atoms. The first-order chi connectivity index (χ1) is 6.61. The summed E-state index contributed by atoms with van der Waals surface area (Å²) in [5.74, 6) is -0.551. The van der Waals surface area contributed by atoms with Crippen LogP contribution in [-0.4, -0.2) is 14.3 Å². The average molecular weight is 208 g/mol. The van der Waals surface area contributed by atoms with E-state index in [0.717, 1.165) is 15.8 Å². The fourth-order valence-corrected chi connectivity index (χ4v) is 2.31. The Kier molecular flexibility index (Phi) is 1.89. The molecule has 14 heavy (non-hydrogen) atoms. The van der Waals surface area contributed by atoms with Crippen LogP contribution >= 0.6 is 0 Å². The number of sulfonamides is 1. The Hall–Kier alpha value is -1.62. The highest BCUT2D eigenvalue weighted by Crippen LogP contribution is 2.22. The maximum absolute atomic E-state index is 11.4. The van der Waals surface area contributed by atoms with Crippen LogP contribution in [0.15, 0.2) is 35.7 Å². The second-order valence-electron chi connectivity index (χ2n) is 2.71. The quantitative estimate of drug-likeness (QED) is 0.681. The van der Waals surface area contributed by atoms with Crippen LogP contribution < -0.4 is 4.31 Å². The first-order valence-corrected chi connectivity index (χ1v) is 5.35. The molecular formula is C9H6NO3S. The van der Waals surface area contributed by atoms with Crippen LogP contribution in [0.4, 0.5) is 5.69 Å². The summed E-state index contributed by atoms with van der Waals surface area (Å²) in [5, 5.41) is 0.891. The number of hydrogen-bond donors (Lipinski definition) is 0. The highest BCUT2D eigenvalue weighted by Gasteiger charge is 2.30. The lowest BCUT2D eigenvalue weighted by Crippen LogP contribution is -2.29. The van der Waals surface area contributed by atoms with Crippen molar-refractivity contribution >= 4 is 21.6 Å². The number of anilines is 1. The molecule has 0 unspecified atom stereocenters. The van der Waals surface area contributed by atoms with Gasteiger partial charge in [0.15, 0.2) is 0 Å². The number of amides is 1. The molecule has 1 aromatic carbocycles. The molecule has 0 aliphatic carbocycles. The average Bonchev–Trinajstić information content (AvgIpc) is 2.42. The third-order valence-corrected chi connectivity index (χ3v) is 3.14. The van der Waals surface area contributed by atoms with Crippen molar-refractivity contribution in [2.75, 3.05) is 4.31 Å². The van der Waals surface area contributed by atoms with Gasteiger partial charge in [-0.25, -0.2) is 8.42 Å². The van der Waals surface area contributed by atoms with Gasteiger partial charge in [-0.1, -0.05) is 12.1 Å². The van der Waals surface area contributed by atoms with Gasteiger partial charge in [0, 0.05) is 6.08 Å². The van der Waals surface area contributed by atoms with E-state index in [9.17, 15) is 13.2 Å². The first-order valence-electron chi connectivity index (χ1n) is 3.85. The van der Waals surface area contributed by atoms with Gasteiger partial charge in [-0.05, 0) is 18.2 Å². The molecular weight excluding hydrogens is 202 g/mol. The molecule has 1 aliphatic rings. The van der Waals surface area contributed by atoms with E-state index < -0.39 is 15.9 Å². The van der Waals surface area contributed by atoms with Gasteiger partial charge in [0.25, 0.3) is 15.9 Å². The van der Waals surface area contributed by atoms with Crippen molar-refractivity contribution in [2.45, 2.75) is 0 Å². The third-order valence-electron chi connectivity index (χ3n) is 1.76. The van der Waals surface area contributed by atoms with Crippen LogP contribution in [0.5, 0.6) is 0 Å². The Bertz CT molecular complexity index is 490. The summed E-state index contributed by atoms with van der Waals surface area (Å²) in [7, 11) is -3.61. The molecule has 0 fully saturated rings. The number of carbonyl (C=O) groups excluding carboxylic acids is 1. The Morgan fingerprint density at radius 2 is 2.14 bits per heavy atom. The topological polar surface area (TPSA) is 54.5 Å². The summed E-state index contributed by atoms with van der Waals surface area (Å²) in [6.45, 7) is 0. The molecule has 0 saturated carbocycles. The van der Waals surface area contributed by atoms with Crippen molar-refractivity contribution in [3.63, 3.8) is 0 Å². The van der Waals surface area contributed by atoms with E-state index in [1.807, 2.05) is 0 Å². The molecule has 0 bridgehead atoms. The lowest BCUT2D eigenvalue weighted by molar-refractivity contribution is -0.112. The second kappa shape index (κ2) is 2.95. The van der Waals surface area contributed by atoms with E-state index >= 15 is 0 Å². The fourth-order valence-electron chi connectivity index (χ4n) is 1.18. The van der Waals surface area contributed by atoms with Gasteiger partial charge in [-0.2, -0.15) is 4.31 Å². The molecule has 4 nitrogen and oxygen atoms in total. The minimum atomic E-state index is -3.61. The number of benzene rings is 1. The van der Waals surface area contributed by atoms with Gasteiger partial charge in [-0.3, -0.25) is 4.79 Å². The number of carbonyl (C=O) groups is 1. The predicted molar refractivity (Wildman–Crippen MR) is 50.8 cm³/mol. The Morgan fingerprint density at radius 3 is 2.64 bits per heavy atom. The Labute approximate surface area is 81.5 Å². The van der Waals surface area contributed by atoms with Crippen molar-refractivity contribution in [3.05, 3.63) is 41.8 Å². The van der Waals surface area contributed by atoms with Gasteiger partial charge in [0.05, 0.1) is 11.1 Å². The lowest BCUT2D eigenvalue weighted by Gasteiger charge is -2.13. The summed E-state index contributed by atoms with van der Waals surface area (Å²) in [6, 6.07) is 8.95. The predicted octanol–water partition coefficient (Wildman–Crippen LogP) is 0.677. The maximum Gasteiger partial charge on any atom is 0.265 e. The summed E-state index contributed by atoms with van der Waals surface area (Å²) >= 11 is 0. The molecule has 1 amide bonds. The van der Waals surface area contributed by atoms with Gasteiger partial charge < -0.3 is 0 Å². The highest BCUT2D eigenvalue weighted by atomic mass is 32.2. The third kappa shape index (κ3) is 1.31. The molecule has 1 aromatic rings. The number of rotatable bonds is 1. The molecule has 0 atom stereocenters. The van der Waals surface area contributed by atoms with E-state index in [0.29, 0.717) is 5.69 Å². The lowest BCUT2D eigenvalue weighted by atomic mass is 10.3. The van der Waals surface area contributed by atoms with Crippen LogP contribution in [0.25, 0.3) is 0 Å². The zero-order chi connectivity index (χ0) is 10.2. The van der Waals surface area contributed by atoms with Crippen LogP contribution in [0.1, 0.15) is 0 Å². The normalized spacial score (nSPS) is 18.9. The van der Waals surface area contributed by atoms with Crippen molar-refractivity contribution in [2.24, 2.45) is 0 Å². The van der Waals surface area contributed by atoms with Crippen molar-refractivity contribution in [1.29, 1.82) is 0 Å². The molecule has 2 rings (SSSR count). The SMILES string of the molecule is O=C1C=CS(=O)(=O)N1c1c[c]ccc1. The van der Waals surface area contributed by atoms with Crippen molar-refractivity contribution in [3.8, 4) is 0 Å². The Balaban J connectivity index is 2.52. The van der Waals surface area contributed by atoms with Gasteiger partial charge in [0.1, 0.15) is 0 Å². The fraction of sp³-hybridized carbons (Fsp3) is 0. The summed E-state index contributed by atoms with van der Waals surface area (Å²) < 4.78 is 23.5. The van der Waals surface area contributed by atoms with Crippen LogP contribution in [0, 0.1) is 6.07 Å². The minimum Gasteiger partial charge on any atom is -0.268 e. The summed E-state index contributed by atoms with van der Waals surface area (Å²) in [4.78, 5) is 11.2. The van der Waals surface area contributed by atoms with E-state index in [-0.39, 0.29) is 0 Å². The van der Waals surface area contributed by atoms with Crippen LogP contribution in [-0.2, 0) is 14.8 Å². The van der Waals surface area contributed by atoms with Crippen molar-refractivity contribution < 1.29 is 13.2 Å². The second-order valence-corrected chi connectivity index (χ2v) is 4.38. The maximum atomic E-state index is 11.4. The molecule has 0 saturated heterocycles. The highest BCUT2D eigenvalue weighted by molar-refractivity contribution is 7.96. The standard InChI is InChI=1S/C9H6NO3S/c11-9-6-7-14(12,13)10(9)8-4-2-1-3-5-8/h1-2,4-7H. The smallest absolute Gasteiger partial charge is 0.265 e. The summed E-state index contributed by atoms with van der Waals surface area (Å²) in [5.41, 5.74) is 0.308. The van der Waals surface area contributed by atoms with E-state index in [2.05, 4.69) is 6.07 Å². The van der Waals surface area contributed by atoms with E-state index in [1.54, 1.807) is 18.2 Å². The van der Waals surface area contributed by atoms with Gasteiger partial charge in [0.2, 0.25) is 0 Å². The zero-order valence-corrected chi connectivity index (χ0v) is 7.86. The monoisotopic (exact) mass is 208 g/mol. The number of hydrogen-bond acceptors (Lipinski definition) is 3. The zero-order valence-electron chi connectivity index (χ0n) is 7.04. The van der Waals surface area contributed by atoms with Crippen LogP contribution in [0.2, 0.25) is 0 Å². The van der Waals surface area contributed by atoms with E-state index in [4.69, 9.17) is 0 Å². The molecule has 0 N–H and O–H groups in total. The summed E-state index contributed by atoms with van der Waals surface area (Å²) in [6.07, 6.45) is 1.03. The molecule has 0 aromatic heterocycles. The molecule has 5 heteroatoms. The number of nitrogens with zero attached hydrogens (tertiary/aromatic N) is 1. The van der Waals surface area contributed by atoms with Gasteiger partial charge in [-0.15, -0.1) is 0 Å². The van der Waals surface area contributed by atoms with E-state index in [1.165, 1.54) is 6.07 Å². The molecule has 71 valence electrons. The Morgan fingerprint density at radius 1 is 1.36 bits per heavy atom. The molecule has 1 radical (unpaired) electrons. The van der Waals surface area contributed by atoms with Gasteiger partial charge >= 0.3 is 0 Å². The molecule has 1 aliphatic heterocycles. The largest absolute Gasteiger partial charge is 0.268 e. The van der Waals surface area contributed by atoms with Crippen molar-refractivity contribution in [1.82, 2.24) is 0 Å². The molecule has 1 heterocycles.